The highest BCUT2D eigenvalue weighted by molar-refractivity contribution is 6.32. The van der Waals surface area contributed by atoms with E-state index in [9.17, 15) is 4.39 Å². The van der Waals surface area contributed by atoms with Crippen LogP contribution in [-0.4, -0.2) is 4.57 Å². The van der Waals surface area contributed by atoms with Crippen LogP contribution in [0, 0.1) is 25.1 Å². The lowest BCUT2D eigenvalue weighted by Gasteiger charge is -2.14. The molecule has 2 nitrogen and oxygen atoms in total. The summed E-state index contributed by atoms with van der Waals surface area (Å²) in [6.07, 6.45) is 7.29. The Hall–Kier alpha value is -2.18. The van der Waals surface area contributed by atoms with Crippen LogP contribution < -0.4 is 5.32 Å². The first-order valence-corrected chi connectivity index (χ1v) is 6.36. The minimum atomic E-state index is -0.328. The van der Waals surface area contributed by atoms with E-state index in [0.29, 0.717) is 27.5 Å². The fraction of sp³-hybridized carbons (Fsp3) is 0.125. The quantitative estimate of drug-likeness (QED) is 0.838. The number of hydrogen-bond donors (Lipinski definition) is 1. The zero-order chi connectivity index (χ0) is 14.9. The first kappa shape index (κ1) is 14.2. The lowest BCUT2D eigenvalue weighted by Crippen LogP contribution is -2.05. The monoisotopic (exact) mass is 288 g/mol. The Balaban J connectivity index is 2.39. The summed E-state index contributed by atoms with van der Waals surface area (Å²) in [6, 6.07) is 4.75. The third-order valence-electron chi connectivity index (χ3n) is 3.14. The number of anilines is 1. The van der Waals surface area contributed by atoms with Gasteiger partial charge >= 0.3 is 0 Å². The summed E-state index contributed by atoms with van der Waals surface area (Å²) in [5.41, 5.74) is 2.91. The normalized spacial score (nSPS) is 10.2. The molecule has 0 atom stereocenters. The Morgan fingerprint density at radius 2 is 2.15 bits per heavy atom. The second-order valence-corrected chi connectivity index (χ2v) is 4.87. The minimum Gasteiger partial charge on any atom is -0.353 e. The number of halogens is 2. The van der Waals surface area contributed by atoms with Crippen molar-refractivity contribution < 1.29 is 4.39 Å². The van der Waals surface area contributed by atoms with E-state index in [1.165, 1.54) is 6.07 Å². The molecule has 20 heavy (non-hydrogen) atoms. The van der Waals surface area contributed by atoms with Gasteiger partial charge in [0.2, 0.25) is 0 Å². The van der Waals surface area contributed by atoms with Crippen LogP contribution >= 0.6 is 11.6 Å². The van der Waals surface area contributed by atoms with Gasteiger partial charge in [0.1, 0.15) is 5.82 Å². The third kappa shape index (κ3) is 2.43. The maximum atomic E-state index is 13.5. The molecule has 2 aromatic rings. The van der Waals surface area contributed by atoms with Crippen LogP contribution in [0.15, 0.2) is 31.0 Å². The minimum absolute atomic E-state index is 0.328. The van der Waals surface area contributed by atoms with Crippen LogP contribution in [0.25, 0.3) is 5.70 Å². The molecule has 0 saturated carbocycles. The number of nitrogens with zero attached hydrogens (tertiary/aromatic N) is 1. The topological polar surface area (TPSA) is 17.0 Å². The van der Waals surface area contributed by atoms with Gasteiger partial charge in [0.05, 0.1) is 27.7 Å². The predicted molar refractivity (Wildman–Crippen MR) is 82.2 cm³/mol. The van der Waals surface area contributed by atoms with E-state index in [0.717, 1.165) is 5.69 Å². The van der Waals surface area contributed by atoms with Gasteiger partial charge in [-0.05, 0) is 25.1 Å². The van der Waals surface area contributed by atoms with E-state index < -0.39 is 0 Å². The molecule has 1 aromatic heterocycles. The number of nitrogens with one attached hydrogen (secondary N) is 1. The molecular weight excluding hydrogens is 275 g/mol. The Kier molecular flexibility index (Phi) is 3.87. The lowest BCUT2D eigenvalue weighted by atomic mass is 10.1. The molecule has 2 rings (SSSR count). The average Bonchev–Trinajstić information content (AvgIpc) is 2.74. The van der Waals surface area contributed by atoms with Crippen LogP contribution in [-0.2, 0) is 7.05 Å². The van der Waals surface area contributed by atoms with Crippen molar-refractivity contribution in [2.24, 2.45) is 7.05 Å². The summed E-state index contributed by atoms with van der Waals surface area (Å²) >= 11 is 6.11. The Labute approximate surface area is 122 Å². The van der Waals surface area contributed by atoms with Gasteiger partial charge in [0.15, 0.2) is 0 Å². The van der Waals surface area contributed by atoms with Crippen LogP contribution in [0.1, 0.15) is 16.8 Å². The van der Waals surface area contributed by atoms with Gasteiger partial charge in [-0.25, -0.2) is 4.39 Å². The molecule has 0 radical (unpaired) electrons. The Bertz CT molecular complexity index is 703. The SMILES string of the molecule is C#Cc1c(NC(=C)c2c(Cl)ccn2C)ccc(F)c1C. The second-order valence-electron chi connectivity index (χ2n) is 4.47. The number of aryl methyl sites for hydroxylation is 1. The molecule has 0 bridgehead atoms. The maximum Gasteiger partial charge on any atom is 0.127 e. The summed E-state index contributed by atoms with van der Waals surface area (Å²) in [4.78, 5) is 0. The van der Waals surface area contributed by atoms with Gasteiger partial charge in [0, 0.05) is 18.8 Å². The molecule has 0 aliphatic rings. The fourth-order valence-corrected chi connectivity index (χ4v) is 2.36. The van der Waals surface area contributed by atoms with Crippen LogP contribution in [0.3, 0.4) is 0 Å². The molecule has 0 amide bonds. The van der Waals surface area contributed by atoms with Crippen molar-refractivity contribution in [3.05, 3.63) is 58.6 Å². The first-order valence-electron chi connectivity index (χ1n) is 5.98. The molecule has 102 valence electrons. The van der Waals surface area contributed by atoms with E-state index in [-0.39, 0.29) is 5.82 Å². The van der Waals surface area contributed by atoms with E-state index in [1.807, 2.05) is 17.8 Å². The molecule has 1 heterocycles. The molecule has 0 unspecified atom stereocenters. The van der Waals surface area contributed by atoms with Crippen molar-refractivity contribution in [2.75, 3.05) is 5.32 Å². The van der Waals surface area contributed by atoms with Crippen molar-refractivity contribution in [3.63, 3.8) is 0 Å². The molecule has 1 N–H and O–H groups in total. The summed E-state index contributed by atoms with van der Waals surface area (Å²) < 4.78 is 15.4. The molecule has 0 fully saturated rings. The van der Waals surface area contributed by atoms with Gasteiger partial charge in [0.25, 0.3) is 0 Å². The number of hydrogen-bond acceptors (Lipinski definition) is 1. The van der Waals surface area contributed by atoms with Crippen molar-refractivity contribution in [3.8, 4) is 12.3 Å². The molecule has 4 heteroatoms. The smallest absolute Gasteiger partial charge is 0.127 e. The van der Waals surface area contributed by atoms with Crippen LogP contribution in [0.4, 0.5) is 10.1 Å². The fourth-order valence-electron chi connectivity index (χ4n) is 2.05. The highest BCUT2D eigenvalue weighted by Gasteiger charge is 2.12. The summed E-state index contributed by atoms with van der Waals surface area (Å²) in [5, 5.41) is 3.69. The standard InChI is InChI=1S/C16H14ClFN2/c1-5-12-10(2)14(18)6-7-15(12)19-11(3)16-13(17)8-9-20(16)4/h1,6-9,19H,3H2,2,4H3. The summed E-state index contributed by atoms with van der Waals surface area (Å²) in [6.45, 7) is 5.61. The lowest BCUT2D eigenvalue weighted by molar-refractivity contribution is 0.618. The van der Waals surface area contributed by atoms with Crippen LogP contribution in [0.5, 0.6) is 0 Å². The van der Waals surface area contributed by atoms with E-state index >= 15 is 0 Å². The van der Waals surface area contributed by atoms with E-state index in [4.69, 9.17) is 18.0 Å². The molecule has 0 spiro atoms. The molecule has 0 saturated heterocycles. The summed E-state index contributed by atoms with van der Waals surface area (Å²) in [7, 11) is 1.87. The van der Waals surface area contributed by atoms with Gasteiger partial charge < -0.3 is 9.88 Å². The predicted octanol–water partition coefficient (Wildman–Crippen LogP) is 4.19. The van der Waals surface area contributed by atoms with Gasteiger partial charge in [-0.3, -0.25) is 0 Å². The van der Waals surface area contributed by atoms with Crippen molar-refractivity contribution in [1.29, 1.82) is 0 Å². The van der Waals surface area contributed by atoms with Crippen molar-refractivity contribution in [2.45, 2.75) is 6.92 Å². The summed E-state index contributed by atoms with van der Waals surface area (Å²) in [5.74, 6) is 2.17. The molecule has 0 aliphatic carbocycles. The van der Waals surface area contributed by atoms with Crippen LogP contribution in [0.2, 0.25) is 5.02 Å². The van der Waals surface area contributed by atoms with Crippen molar-refractivity contribution >= 4 is 23.0 Å². The third-order valence-corrected chi connectivity index (χ3v) is 3.44. The average molecular weight is 289 g/mol. The number of benzene rings is 1. The van der Waals surface area contributed by atoms with Gasteiger partial charge in [-0.15, -0.1) is 6.42 Å². The van der Waals surface area contributed by atoms with E-state index in [2.05, 4.69) is 17.8 Å². The maximum absolute atomic E-state index is 13.5. The highest BCUT2D eigenvalue weighted by Crippen LogP contribution is 2.28. The number of aromatic nitrogens is 1. The van der Waals surface area contributed by atoms with Gasteiger partial charge in [-0.1, -0.05) is 24.1 Å². The van der Waals surface area contributed by atoms with Crippen molar-refractivity contribution in [1.82, 2.24) is 4.57 Å². The Morgan fingerprint density at radius 1 is 1.45 bits per heavy atom. The molecule has 0 aliphatic heterocycles. The largest absolute Gasteiger partial charge is 0.353 e. The highest BCUT2D eigenvalue weighted by atomic mass is 35.5. The molecule has 1 aromatic carbocycles. The first-order chi connectivity index (χ1) is 9.45. The number of rotatable bonds is 3. The second kappa shape index (κ2) is 5.44. The van der Waals surface area contributed by atoms with E-state index in [1.54, 1.807) is 19.1 Å². The van der Waals surface area contributed by atoms with Gasteiger partial charge in [-0.2, -0.15) is 0 Å². The zero-order valence-electron chi connectivity index (χ0n) is 11.3. The number of terminal acetylenes is 1. The molecular formula is C16H14ClFN2. The Morgan fingerprint density at radius 3 is 2.70 bits per heavy atom. The zero-order valence-corrected chi connectivity index (χ0v) is 12.1.